The molecule has 1 saturated carbocycles. The van der Waals surface area contributed by atoms with Crippen molar-refractivity contribution in [3.05, 3.63) is 191 Å². The maximum Gasteiger partial charge on any atom is 0.236 e. The van der Waals surface area contributed by atoms with Crippen LogP contribution < -0.4 is 29.6 Å². The molecule has 4 N–H and O–H groups in total. The molecule has 6 aromatic rings. The van der Waals surface area contributed by atoms with Crippen molar-refractivity contribution in [3.63, 3.8) is 0 Å². The molecule has 0 saturated heterocycles. The van der Waals surface area contributed by atoms with Crippen LogP contribution in [0.25, 0.3) is 0 Å². The summed E-state index contributed by atoms with van der Waals surface area (Å²) in [5, 5.41) is 32.7. The summed E-state index contributed by atoms with van der Waals surface area (Å²) in [6, 6.07) is 45.6. The molecular weight excluding hydrogens is 769 g/mol. The van der Waals surface area contributed by atoms with Crippen molar-refractivity contribution in [3.8, 4) is 23.0 Å². The van der Waals surface area contributed by atoms with Crippen molar-refractivity contribution in [2.75, 3.05) is 28.4 Å². The third-order valence-electron chi connectivity index (χ3n) is 11.9. The SMILES string of the molecule is COc1ccc(C(O)(c2ccc(OC)cc2)[C@@H](Cc2ccccc2)NC(=O)C2(C(=O)N[C@H](Cc3ccccc3)C(O)(c3ccc(OC)cc3)c3ccc(OC)cc3)CC2)cc1. The number of carbonyl (C=O) groups is 2. The average Bonchev–Trinajstić information content (AvgIpc) is 4.14. The van der Waals surface area contributed by atoms with Gasteiger partial charge in [0, 0.05) is 0 Å². The molecular formula is C51H52N2O8. The monoisotopic (exact) mass is 820 g/mol. The van der Waals surface area contributed by atoms with Gasteiger partial charge >= 0.3 is 0 Å². The second-order valence-corrected chi connectivity index (χ2v) is 15.5. The highest BCUT2D eigenvalue weighted by Crippen LogP contribution is 2.48. The zero-order valence-corrected chi connectivity index (χ0v) is 34.8. The van der Waals surface area contributed by atoms with Crippen molar-refractivity contribution in [2.24, 2.45) is 5.41 Å². The number of hydrogen-bond donors (Lipinski definition) is 4. The van der Waals surface area contributed by atoms with Crippen LogP contribution >= 0.6 is 0 Å². The van der Waals surface area contributed by atoms with Crippen LogP contribution in [-0.2, 0) is 33.6 Å². The van der Waals surface area contributed by atoms with E-state index in [9.17, 15) is 19.8 Å². The molecule has 0 aromatic heterocycles. The number of amides is 2. The Balaban J connectivity index is 1.28. The fraction of sp³-hybridized carbons (Fsp3) is 0.255. The van der Waals surface area contributed by atoms with Gasteiger partial charge in [0.1, 0.15) is 39.6 Å². The first-order valence-electron chi connectivity index (χ1n) is 20.3. The quantitative estimate of drug-likeness (QED) is 0.0674. The lowest BCUT2D eigenvalue weighted by atomic mass is 9.77. The van der Waals surface area contributed by atoms with E-state index in [4.69, 9.17) is 18.9 Å². The van der Waals surface area contributed by atoms with Crippen LogP contribution in [0.3, 0.4) is 0 Å². The van der Waals surface area contributed by atoms with Crippen LogP contribution in [0, 0.1) is 5.41 Å². The van der Waals surface area contributed by atoms with Crippen LogP contribution in [0.1, 0.15) is 46.2 Å². The zero-order valence-electron chi connectivity index (χ0n) is 34.8. The maximum absolute atomic E-state index is 14.9. The Morgan fingerprint density at radius 2 is 0.738 bits per heavy atom. The first kappa shape index (κ1) is 42.5. The van der Waals surface area contributed by atoms with E-state index in [0.717, 1.165) is 11.1 Å². The molecule has 1 aliphatic rings. The third-order valence-corrected chi connectivity index (χ3v) is 11.9. The summed E-state index contributed by atoms with van der Waals surface area (Å²) in [5.41, 5.74) is -1.25. The minimum Gasteiger partial charge on any atom is -0.497 e. The molecule has 314 valence electrons. The van der Waals surface area contributed by atoms with Crippen LogP contribution in [0.4, 0.5) is 0 Å². The van der Waals surface area contributed by atoms with E-state index in [2.05, 4.69) is 10.6 Å². The lowest BCUT2D eigenvalue weighted by molar-refractivity contribution is -0.140. The predicted octanol–water partition coefficient (Wildman–Crippen LogP) is 7.13. The average molecular weight is 821 g/mol. The highest BCUT2D eigenvalue weighted by Gasteiger charge is 2.59. The van der Waals surface area contributed by atoms with Gasteiger partial charge in [0.15, 0.2) is 0 Å². The van der Waals surface area contributed by atoms with Gasteiger partial charge in [0.25, 0.3) is 0 Å². The van der Waals surface area contributed by atoms with Gasteiger partial charge in [-0.15, -0.1) is 0 Å². The van der Waals surface area contributed by atoms with Crippen LogP contribution in [0.2, 0.25) is 0 Å². The summed E-state index contributed by atoms with van der Waals surface area (Å²) in [6.07, 6.45) is 0.996. The first-order chi connectivity index (χ1) is 29.6. The lowest BCUT2D eigenvalue weighted by Crippen LogP contribution is -2.58. The Bertz CT molecular complexity index is 2100. The lowest BCUT2D eigenvalue weighted by Gasteiger charge is -2.40. The van der Waals surface area contributed by atoms with Crippen LogP contribution in [-0.4, -0.2) is 62.6 Å². The van der Waals surface area contributed by atoms with E-state index in [0.29, 0.717) is 45.3 Å². The topological polar surface area (TPSA) is 136 Å². The Hall–Kier alpha value is -6.62. The Labute approximate surface area is 357 Å². The largest absolute Gasteiger partial charge is 0.497 e. The van der Waals surface area contributed by atoms with Crippen molar-refractivity contribution in [1.29, 1.82) is 0 Å². The van der Waals surface area contributed by atoms with Crippen molar-refractivity contribution in [1.82, 2.24) is 10.6 Å². The standard InChI is InChI=1S/C51H52N2O8/c1-58-41-23-15-37(16-24-41)50(56,38-17-25-42(59-2)26-18-38)45(33-35-11-7-5-8-12-35)52-47(54)49(31-32-49)48(55)53-46(34-36-13-9-6-10-14-36)51(57,39-19-27-43(60-3)28-20-39)40-21-29-44(61-4)30-22-40/h5-30,45-46,56-57H,31-34H2,1-4H3,(H,52,54)(H,53,55)/t45-,46-/m1/s1. The van der Waals surface area contributed by atoms with Gasteiger partial charge in [-0.25, -0.2) is 0 Å². The molecule has 6 aromatic carbocycles. The smallest absolute Gasteiger partial charge is 0.236 e. The molecule has 61 heavy (non-hydrogen) atoms. The molecule has 0 unspecified atom stereocenters. The number of rotatable bonds is 18. The third kappa shape index (κ3) is 8.82. The molecule has 0 heterocycles. The van der Waals surface area contributed by atoms with E-state index < -0.39 is 40.5 Å². The van der Waals surface area contributed by atoms with Gasteiger partial charge in [-0.05, 0) is 108 Å². The van der Waals surface area contributed by atoms with Gasteiger partial charge in [0.05, 0.1) is 40.5 Å². The van der Waals surface area contributed by atoms with Crippen LogP contribution in [0.15, 0.2) is 158 Å². The fourth-order valence-corrected chi connectivity index (χ4v) is 8.10. The molecule has 2 atom stereocenters. The highest BCUT2D eigenvalue weighted by atomic mass is 16.5. The fourth-order valence-electron chi connectivity index (χ4n) is 8.10. The van der Waals surface area contributed by atoms with Gasteiger partial charge in [-0.3, -0.25) is 9.59 Å². The van der Waals surface area contributed by atoms with Gasteiger partial charge in [0.2, 0.25) is 11.8 Å². The highest BCUT2D eigenvalue weighted by molar-refractivity contribution is 6.08. The number of carbonyl (C=O) groups excluding carboxylic acids is 2. The van der Waals surface area contributed by atoms with Crippen LogP contribution in [0.5, 0.6) is 23.0 Å². The molecule has 1 aliphatic carbocycles. The maximum atomic E-state index is 14.9. The second kappa shape index (κ2) is 18.3. The summed E-state index contributed by atoms with van der Waals surface area (Å²) in [4.78, 5) is 29.9. The molecule has 2 amide bonds. The number of hydrogen-bond acceptors (Lipinski definition) is 8. The van der Waals surface area contributed by atoms with Gasteiger partial charge < -0.3 is 39.8 Å². The predicted molar refractivity (Wildman–Crippen MR) is 234 cm³/mol. The van der Waals surface area contributed by atoms with Gasteiger partial charge in [-0.1, -0.05) is 109 Å². The van der Waals surface area contributed by atoms with Crippen molar-refractivity contribution < 1.29 is 38.7 Å². The van der Waals surface area contributed by atoms with Gasteiger partial charge in [-0.2, -0.15) is 0 Å². The minimum absolute atomic E-state index is 0.226. The van der Waals surface area contributed by atoms with E-state index in [1.54, 1.807) is 126 Å². The van der Waals surface area contributed by atoms with E-state index in [1.165, 1.54) is 0 Å². The Morgan fingerprint density at radius 3 is 0.967 bits per heavy atom. The molecule has 1 fully saturated rings. The zero-order chi connectivity index (χ0) is 43.0. The first-order valence-corrected chi connectivity index (χ1v) is 20.3. The normalized spacial score (nSPS) is 14.2. The number of ether oxygens (including phenoxy) is 4. The molecule has 0 radical (unpaired) electrons. The minimum atomic E-state index is -1.78. The molecule has 7 rings (SSSR count). The number of nitrogens with one attached hydrogen (secondary N) is 2. The Morgan fingerprint density at radius 1 is 0.475 bits per heavy atom. The number of benzene rings is 6. The summed E-state index contributed by atoms with van der Waals surface area (Å²) in [5.74, 6) is 1.36. The molecule has 0 bridgehead atoms. The molecule has 0 aliphatic heterocycles. The van der Waals surface area contributed by atoms with E-state index in [1.807, 2.05) is 60.7 Å². The molecule has 10 heteroatoms. The van der Waals surface area contributed by atoms with E-state index in [-0.39, 0.29) is 25.7 Å². The van der Waals surface area contributed by atoms with Crippen molar-refractivity contribution >= 4 is 11.8 Å². The summed E-state index contributed by atoms with van der Waals surface area (Å²) >= 11 is 0. The second-order valence-electron chi connectivity index (χ2n) is 15.5. The Kier molecular flexibility index (Phi) is 12.8. The summed E-state index contributed by atoms with van der Waals surface area (Å²) < 4.78 is 21.8. The summed E-state index contributed by atoms with van der Waals surface area (Å²) in [7, 11) is 6.29. The van der Waals surface area contributed by atoms with E-state index >= 15 is 0 Å². The molecule has 10 nitrogen and oxygen atoms in total. The molecule has 0 spiro atoms. The van der Waals surface area contributed by atoms with Crippen molar-refractivity contribution in [2.45, 2.75) is 49.0 Å². The number of methoxy groups -OCH3 is 4. The summed E-state index contributed by atoms with van der Waals surface area (Å²) in [6.45, 7) is 0. The number of aliphatic hydroxyl groups is 2.